The second kappa shape index (κ2) is 5.80. The van der Waals surface area contributed by atoms with Gasteiger partial charge in [0.2, 0.25) is 0 Å². The zero-order valence-electron chi connectivity index (χ0n) is 10.2. The van der Waals surface area contributed by atoms with Crippen molar-refractivity contribution in [1.82, 2.24) is 4.90 Å². The summed E-state index contributed by atoms with van der Waals surface area (Å²) in [6.45, 7) is 8.31. The summed E-state index contributed by atoms with van der Waals surface area (Å²) in [5.41, 5.74) is 0.627. The van der Waals surface area contributed by atoms with E-state index in [-0.39, 0.29) is 0 Å². The lowest BCUT2D eigenvalue weighted by molar-refractivity contribution is 0.0353. The molecule has 0 bridgehead atoms. The van der Waals surface area contributed by atoms with Crippen LogP contribution in [-0.2, 0) is 6.54 Å². The normalized spacial score (nSPS) is 12.1. The average Bonchev–Trinajstić information content (AvgIpc) is 2.14. The molecule has 0 unspecified atom stereocenters. The Morgan fingerprint density at radius 2 is 2.06 bits per heavy atom. The van der Waals surface area contributed by atoms with Crippen LogP contribution in [0.15, 0.2) is 28.7 Å². The van der Waals surface area contributed by atoms with Gasteiger partial charge in [-0.15, -0.1) is 0 Å². The number of halogens is 1. The van der Waals surface area contributed by atoms with Crippen molar-refractivity contribution < 1.29 is 5.11 Å². The van der Waals surface area contributed by atoms with E-state index in [2.05, 4.69) is 39.9 Å². The smallest absolute Gasteiger partial charge is 0.0718 e. The summed E-state index contributed by atoms with van der Waals surface area (Å²) in [4.78, 5) is 2.24. The molecule has 0 saturated carbocycles. The Bertz CT molecular complexity index is 333. The van der Waals surface area contributed by atoms with Crippen molar-refractivity contribution in [2.75, 3.05) is 13.1 Å². The third-order valence-electron chi connectivity index (χ3n) is 2.35. The van der Waals surface area contributed by atoms with Gasteiger partial charge in [0.25, 0.3) is 0 Å². The minimum absolute atomic E-state index is 0.637. The maximum atomic E-state index is 9.80. The standard InChI is InChI=1S/C13H20BrNO/c1-4-15(10-13(2,3)16)9-11-6-5-7-12(14)8-11/h5-8,16H,4,9-10H2,1-3H3. The van der Waals surface area contributed by atoms with Crippen LogP contribution < -0.4 is 0 Å². The number of likely N-dealkylation sites (N-methyl/N-ethyl adjacent to an activating group) is 1. The minimum atomic E-state index is -0.637. The number of rotatable bonds is 5. The van der Waals surface area contributed by atoms with Gasteiger partial charge in [0.1, 0.15) is 0 Å². The van der Waals surface area contributed by atoms with Crippen LogP contribution in [0.3, 0.4) is 0 Å². The highest BCUT2D eigenvalue weighted by molar-refractivity contribution is 9.10. The van der Waals surface area contributed by atoms with E-state index in [4.69, 9.17) is 0 Å². The fraction of sp³-hybridized carbons (Fsp3) is 0.538. The van der Waals surface area contributed by atoms with E-state index < -0.39 is 5.60 Å². The van der Waals surface area contributed by atoms with Gasteiger partial charge in [0.15, 0.2) is 0 Å². The van der Waals surface area contributed by atoms with E-state index in [1.807, 2.05) is 26.0 Å². The van der Waals surface area contributed by atoms with Crippen LogP contribution >= 0.6 is 15.9 Å². The van der Waals surface area contributed by atoms with E-state index >= 15 is 0 Å². The number of nitrogens with zero attached hydrogens (tertiary/aromatic N) is 1. The van der Waals surface area contributed by atoms with Gasteiger partial charge in [-0.05, 0) is 38.1 Å². The first-order valence-corrected chi connectivity index (χ1v) is 6.39. The summed E-state index contributed by atoms with van der Waals surface area (Å²) >= 11 is 3.47. The third kappa shape index (κ3) is 5.10. The Balaban J connectivity index is 2.63. The zero-order chi connectivity index (χ0) is 12.2. The number of benzene rings is 1. The van der Waals surface area contributed by atoms with Gasteiger partial charge in [-0.25, -0.2) is 0 Å². The van der Waals surface area contributed by atoms with Gasteiger partial charge in [-0.1, -0.05) is 35.0 Å². The lowest BCUT2D eigenvalue weighted by Crippen LogP contribution is -2.38. The van der Waals surface area contributed by atoms with E-state index in [0.29, 0.717) is 6.54 Å². The number of hydrogen-bond acceptors (Lipinski definition) is 2. The molecule has 0 aromatic heterocycles. The van der Waals surface area contributed by atoms with E-state index in [1.54, 1.807) is 0 Å². The van der Waals surface area contributed by atoms with Crippen molar-refractivity contribution in [2.24, 2.45) is 0 Å². The molecule has 0 spiro atoms. The topological polar surface area (TPSA) is 23.5 Å². The van der Waals surface area contributed by atoms with Crippen molar-refractivity contribution in [1.29, 1.82) is 0 Å². The fourth-order valence-corrected chi connectivity index (χ4v) is 2.17. The van der Waals surface area contributed by atoms with Crippen molar-refractivity contribution in [3.8, 4) is 0 Å². The van der Waals surface area contributed by atoms with Crippen LogP contribution in [0.4, 0.5) is 0 Å². The molecule has 3 heteroatoms. The maximum absolute atomic E-state index is 9.80. The van der Waals surface area contributed by atoms with Crippen molar-refractivity contribution in [3.63, 3.8) is 0 Å². The molecular weight excluding hydrogens is 266 g/mol. The summed E-state index contributed by atoms with van der Waals surface area (Å²) in [5, 5.41) is 9.80. The lowest BCUT2D eigenvalue weighted by atomic mass is 10.1. The van der Waals surface area contributed by atoms with Crippen molar-refractivity contribution in [2.45, 2.75) is 32.9 Å². The molecule has 0 aliphatic rings. The van der Waals surface area contributed by atoms with Gasteiger partial charge >= 0.3 is 0 Å². The van der Waals surface area contributed by atoms with Crippen LogP contribution in [0, 0.1) is 0 Å². The zero-order valence-corrected chi connectivity index (χ0v) is 11.8. The summed E-state index contributed by atoms with van der Waals surface area (Å²) in [7, 11) is 0. The molecule has 1 N–H and O–H groups in total. The highest BCUT2D eigenvalue weighted by Crippen LogP contribution is 2.14. The molecule has 1 aromatic carbocycles. The number of aliphatic hydroxyl groups is 1. The Labute approximate surface area is 106 Å². The Kier molecular flexibility index (Phi) is 4.96. The molecule has 1 aromatic rings. The van der Waals surface area contributed by atoms with Gasteiger partial charge < -0.3 is 5.11 Å². The molecule has 0 radical (unpaired) electrons. The molecular formula is C13H20BrNO. The third-order valence-corrected chi connectivity index (χ3v) is 2.85. The maximum Gasteiger partial charge on any atom is 0.0718 e. The quantitative estimate of drug-likeness (QED) is 0.899. The van der Waals surface area contributed by atoms with Crippen LogP contribution in [-0.4, -0.2) is 28.7 Å². The molecule has 0 saturated heterocycles. The highest BCUT2D eigenvalue weighted by atomic mass is 79.9. The van der Waals surface area contributed by atoms with Gasteiger partial charge in [-0.3, -0.25) is 4.90 Å². The fourth-order valence-electron chi connectivity index (χ4n) is 1.72. The molecule has 0 aliphatic carbocycles. The summed E-state index contributed by atoms with van der Waals surface area (Å²) in [6.07, 6.45) is 0. The summed E-state index contributed by atoms with van der Waals surface area (Å²) in [5.74, 6) is 0. The van der Waals surface area contributed by atoms with Crippen molar-refractivity contribution in [3.05, 3.63) is 34.3 Å². The predicted octanol–water partition coefficient (Wildman–Crippen LogP) is 3.04. The van der Waals surface area contributed by atoms with Gasteiger partial charge in [0.05, 0.1) is 5.60 Å². The SMILES string of the molecule is CCN(Cc1cccc(Br)c1)CC(C)(C)O. The minimum Gasteiger partial charge on any atom is -0.389 e. The molecule has 2 nitrogen and oxygen atoms in total. The first-order valence-electron chi connectivity index (χ1n) is 5.60. The van der Waals surface area contributed by atoms with Crippen LogP contribution in [0.5, 0.6) is 0 Å². The summed E-state index contributed by atoms with van der Waals surface area (Å²) < 4.78 is 1.10. The molecule has 0 aliphatic heterocycles. The lowest BCUT2D eigenvalue weighted by Gasteiger charge is -2.28. The molecule has 90 valence electrons. The predicted molar refractivity (Wildman–Crippen MR) is 71.4 cm³/mol. The van der Waals surface area contributed by atoms with E-state index in [1.165, 1.54) is 5.56 Å². The first-order chi connectivity index (χ1) is 7.40. The highest BCUT2D eigenvalue weighted by Gasteiger charge is 2.17. The Hall–Kier alpha value is -0.380. The molecule has 1 rings (SSSR count). The molecule has 0 fully saturated rings. The monoisotopic (exact) mass is 285 g/mol. The van der Waals surface area contributed by atoms with Crippen LogP contribution in [0.1, 0.15) is 26.3 Å². The van der Waals surface area contributed by atoms with Gasteiger partial charge in [0, 0.05) is 17.6 Å². The average molecular weight is 286 g/mol. The largest absolute Gasteiger partial charge is 0.389 e. The van der Waals surface area contributed by atoms with E-state index in [0.717, 1.165) is 17.6 Å². The number of hydrogen-bond donors (Lipinski definition) is 1. The molecule has 0 amide bonds. The van der Waals surface area contributed by atoms with Crippen LogP contribution in [0.25, 0.3) is 0 Å². The summed E-state index contributed by atoms with van der Waals surface area (Å²) in [6, 6.07) is 8.29. The molecule has 0 atom stereocenters. The Morgan fingerprint density at radius 1 is 1.38 bits per heavy atom. The first kappa shape index (κ1) is 13.7. The van der Waals surface area contributed by atoms with Crippen LogP contribution in [0.2, 0.25) is 0 Å². The molecule has 16 heavy (non-hydrogen) atoms. The van der Waals surface area contributed by atoms with E-state index in [9.17, 15) is 5.11 Å². The second-order valence-corrected chi connectivity index (χ2v) is 5.66. The Morgan fingerprint density at radius 3 is 2.56 bits per heavy atom. The second-order valence-electron chi connectivity index (χ2n) is 4.75. The van der Waals surface area contributed by atoms with Crippen molar-refractivity contribution >= 4 is 15.9 Å². The molecule has 0 heterocycles. The van der Waals surface area contributed by atoms with Gasteiger partial charge in [-0.2, -0.15) is 0 Å².